The summed E-state index contributed by atoms with van der Waals surface area (Å²) in [6.07, 6.45) is 0. The summed E-state index contributed by atoms with van der Waals surface area (Å²) in [7, 11) is 0. The normalized spacial score (nSPS) is 11.6. The van der Waals surface area contributed by atoms with E-state index >= 15 is 0 Å². The zero-order valence-corrected chi connectivity index (χ0v) is 29.8. The molecule has 2 heterocycles. The Morgan fingerprint density at radius 3 is 1.96 bits per heavy atom. The third-order valence-electron chi connectivity index (χ3n) is 10.8. The molecule has 0 fully saturated rings. The van der Waals surface area contributed by atoms with Crippen LogP contribution >= 0.6 is 0 Å². The number of nitrogens with zero attached hydrogens (tertiary/aromatic N) is 3. The first-order valence-electron chi connectivity index (χ1n) is 18.6. The van der Waals surface area contributed by atoms with Crippen molar-refractivity contribution in [2.75, 3.05) is 4.90 Å². The molecule has 11 rings (SSSR count). The highest BCUT2D eigenvalue weighted by atomic mass is 16.3. The minimum absolute atomic E-state index is 0.610. The lowest BCUT2D eigenvalue weighted by atomic mass is 10.0. The second-order valence-corrected chi connectivity index (χ2v) is 14.0. The van der Waals surface area contributed by atoms with Crippen molar-refractivity contribution in [1.82, 2.24) is 9.55 Å². The minimum Gasteiger partial charge on any atom is -0.436 e. The number of hydrogen-bond donors (Lipinski definition) is 0. The largest absolute Gasteiger partial charge is 0.436 e. The van der Waals surface area contributed by atoms with E-state index in [2.05, 4.69) is 173 Å². The molecule has 0 aliphatic carbocycles. The van der Waals surface area contributed by atoms with E-state index in [1.54, 1.807) is 0 Å². The SMILES string of the molecule is c1ccc(-c2nc3c(ccc4cccc(N(c5ccc(-c6ccc7ccccc7c6)cc5)c5ccc6c(c5)c5ccccc5n6-c5ccccc5)c43)o2)cc1. The molecule has 0 saturated carbocycles. The van der Waals surface area contributed by atoms with E-state index in [0.29, 0.717) is 5.89 Å². The number of fused-ring (bicyclic) bond motifs is 7. The van der Waals surface area contributed by atoms with Gasteiger partial charge >= 0.3 is 0 Å². The maximum Gasteiger partial charge on any atom is 0.227 e. The summed E-state index contributed by atoms with van der Waals surface area (Å²) in [5.74, 6) is 0.610. The van der Waals surface area contributed by atoms with Crippen molar-refractivity contribution >= 4 is 71.5 Å². The Hall–Kier alpha value is -7.43. The fourth-order valence-electron chi connectivity index (χ4n) is 8.19. The zero-order valence-electron chi connectivity index (χ0n) is 29.8. The highest BCUT2D eigenvalue weighted by molar-refractivity contribution is 6.14. The first-order chi connectivity index (χ1) is 27.3. The van der Waals surface area contributed by atoms with Crippen LogP contribution in [-0.4, -0.2) is 9.55 Å². The quantitative estimate of drug-likeness (QED) is 0.173. The van der Waals surface area contributed by atoms with Crippen LogP contribution in [0.15, 0.2) is 205 Å². The van der Waals surface area contributed by atoms with E-state index in [4.69, 9.17) is 9.40 Å². The number of aromatic nitrogens is 2. The molecule has 0 aliphatic rings. The van der Waals surface area contributed by atoms with Gasteiger partial charge in [-0.15, -0.1) is 0 Å². The Balaban J connectivity index is 1.14. The topological polar surface area (TPSA) is 34.2 Å². The molecular formula is C51H33N3O. The smallest absolute Gasteiger partial charge is 0.227 e. The predicted octanol–water partition coefficient (Wildman–Crippen LogP) is 14.0. The van der Waals surface area contributed by atoms with Gasteiger partial charge in [0.1, 0.15) is 5.52 Å². The molecule has 4 nitrogen and oxygen atoms in total. The maximum absolute atomic E-state index is 6.42. The second-order valence-electron chi connectivity index (χ2n) is 14.0. The third-order valence-corrected chi connectivity index (χ3v) is 10.8. The Labute approximate surface area is 317 Å². The first-order valence-corrected chi connectivity index (χ1v) is 18.6. The molecule has 0 aliphatic heterocycles. The number of oxazole rings is 1. The molecule has 9 aromatic carbocycles. The number of para-hydroxylation sites is 2. The van der Waals surface area contributed by atoms with Gasteiger partial charge in [-0.1, -0.05) is 121 Å². The summed E-state index contributed by atoms with van der Waals surface area (Å²) in [6.45, 7) is 0. The molecule has 55 heavy (non-hydrogen) atoms. The van der Waals surface area contributed by atoms with Crippen molar-refractivity contribution in [3.8, 4) is 28.3 Å². The summed E-state index contributed by atoms with van der Waals surface area (Å²) in [5, 5.41) is 7.00. The summed E-state index contributed by atoms with van der Waals surface area (Å²) in [4.78, 5) is 7.52. The van der Waals surface area contributed by atoms with Gasteiger partial charge in [0.2, 0.25) is 5.89 Å². The maximum atomic E-state index is 6.42. The summed E-state index contributed by atoms with van der Waals surface area (Å²) in [5.41, 5.74) is 11.5. The highest BCUT2D eigenvalue weighted by Gasteiger charge is 2.22. The lowest BCUT2D eigenvalue weighted by Gasteiger charge is -2.27. The molecule has 0 spiro atoms. The fraction of sp³-hybridized carbons (Fsp3) is 0. The van der Waals surface area contributed by atoms with Crippen molar-refractivity contribution in [3.63, 3.8) is 0 Å². The van der Waals surface area contributed by atoms with E-state index in [1.807, 2.05) is 36.4 Å². The molecule has 258 valence electrons. The molecule has 0 radical (unpaired) electrons. The first kappa shape index (κ1) is 31.1. The summed E-state index contributed by atoms with van der Waals surface area (Å²) >= 11 is 0. The fourth-order valence-corrected chi connectivity index (χ4v) is 8.19. The zero-order chi connectivity index (χ0) is 36.3. The Morgan fingerprint density at radius 1 is 0.436 bits per heavy atom. The van der Waals surface area contributed by atoms with Crippen LogP contribution in [0.4, 0.5) is 17.1 Å². The molecule has 0 N–H and O–H groups in total. The molecule has 0 unspecified atom stereocenters. The Bertz CT molecular complexity index is 3200. The molecule has 0 atom stereocenters. The van der Waals surface area contributed by atoms with Crippen LogP contribution in [0.3, 0.4) is 0 Å². The van der Waals surface area contributed by atoms with Crippen LogP contribution < -0.4 is 4.90 Å². The van der Waals surface area contributed by atoms with Gasteiger partial charge < -0.3 is 13.9 Å². The van der Waals surface area contributed by atoms with Gasteiger partial charge in [0.05, 0.1) is 16.7 Å². The van der Waals surface area contributed by atoms with Crippen molar-refractivity contribution in [2.45, 2.75) is 0 Å². The van der Waals surface area contributed by atoms with Crippen LogP contribution in [0, 0.1) is 0 Å². The van der Waals surface area contributed by atoms with Crippen LogP contribution in [0.25, 0.3) is 82.7 Å². The van der Waals surface area contributed by atoms with E-state index in [-0.39, 0.29) is 0 Å². The van der Waals surface area contributed by atoms with Crippen molar-refractivity contribution in [1.29, 1.82) is 0 Å². The van der Waals surface area contributed by atoms with E-state index in [1.165, 1.54) is 38.2 Å². The lowest BCUT2D eigenvalue weighted by Crippen LogP contribution is -2.10. The summed E-state index contributed by atoms with van der Waals surface area (Å²) in [6, 6.07) is 71.1. The van der Waals surface area contributed by atoms with Crippen LogP contribution in [-0.2, 0) is 0 Å². The molecule has 11 aromatic rings. The second kappa shape index (κ2) is 12.6. The van der Waals surface area contributed by atoms with Gasteiger partial charge in [-0.2, -0.15) is 0 Å². The van der Waals surface area contributed by atoms with Gasteiger partial charge in [-0.05, 0) is 106 Å². The molecule has 2 aromatic heterocycles. The molecule has 4 heteroatoms. The van der Waals surface area contributed by atoms with Gasteiger partial charge in [-0.3, -0.25) is 0 Å². The van der Waals surface area contributed by atoms with Crippen molar-refractivity contribution in [2.24, 2.45) is 0 Å². The number of rotatable bonds is 6. The average molecular weight is 704 g/mol. The minimum atomic E-state index is 0.610. The molecule has 0 saturated heterocycles. The van der Waals surface area contributed by atoms with Crippen molar-refractivity contribution in [3.05, 3.63) is 200 Å². The van der Waals surface area contributed by atoms with Gasteiger partial charge in [-0.25, -0.2) is 4.98 Å². The van der Waals surface area contributed by atoms with Gasteiger partial charge in [0.15, 0.2) is 5.58 Å². The predicted molar refractivity (Wildman–Crippen MR) is 229 cm³/mol. The number of anilines is 3. The van der Waals surface area contributed by atoms with E-state index < -0.39 is 0 Å². The highest BCUT2D eigenvalue weighted by Crippen LogP contribution is 2.44. The molecule has 0 amide bonds. The number of hydrogen-bond acceptors (Lipinski definition) is 3. The third kappa shape index (κ3) is 5.19. The Kier molecular flexibility index (Phi) is 7.14. The van der Waals surface area contributed by atoms with E-state index in [9.17, 15) is 0 Å². The van der Waals surface area contributed by atoms with Crippen LogP contribution in [0.1, 0.15) is 0 Å². The number of benzene rings is 9. The van der Waals surface area contributed by atoms with E-state index in [0.717, 1.165) is 55.7 Å². The molecule has 0 bridgehead atoms. The lowest BCUT2D eigenvalue weighted by molar-refractivity contribution is 0.620. The summed E-state index contributed by atoms with van der Waals surface area (Å²) < 4.78 is 8.78. The average Bonchev–Trinajstić information content (AvgIpc) is 3.84. The van der Waals surface area contributed by atoms with Crippen LogP contribution in [0.2, 0.25) is 0 Å². The molecular weight excluding hydrogens is 671 g/mol. The van der Waals surface area contributed by atoms with Gasteiger partial charge in [0, 0.05) is 38.8 Å². The van der Waals surface area contributed by atoms with Crippen molar-refractivity contribution < 1.29 is 4.42 Å². The monoisotopic (exact) mass is 703 g/mol. The standard InChI is InChI=1S/C51H33N3O/c1-3-13-37(14-4-1)51-52-50-48(55-51)31-26-36-16-11-21-47(49(36)50)53(41-27-24-35(25-28-41)39-23-22-34-12-7-8-15-38(34)32-39)42-29-30-46-44(33-42)43-19-9-10-20-45(43)54(46)40-17-5-2-6-18-40/h1-33H. The van der Waals surface area contributed by atoms with Crippen LogP contribution in [0.5, 0.6) is 0 Å². The Morgan fingerprint density at radius 2 is 1.11 bits per heavy atom. The van der Waals surface area contributed by atoms with Gasteiger partial charge in [0.25, 0.3) is 0 Å².